The zero-order valence-electron chi connectivity index (χ0n) is 57.0. The molecule has 17 nitrogen and oxygen atoms in total. The Morgan fingerprint density at radius 1 is 0.307 bits per heavy atom. The SMILES string of the molecule is CCCCCCCCCCCCCCCCCCCCCCCCC(=O)O[C@H](COC(=O)CCCCCCCCC(C)C)COP(=O)(O)OC[C@@H](O)COP(=O)(O)OC[C@@H](COC(=O)CCCCCCCCCC)OC(=O)CCCCCCCCC(C)C. The first kappa shape index (κ1) is 86.1. The van der Waals surface area contributed by atoms with Crippen molar-refractivity contribution in [1.82, 2.24) is 0 Å². The molecular formula is C69H134O17P2. The van der Waals surface area contributed by atoms with Gasteiger partial charge in [0.1, 0.15) is 19.3 Å². The number of phosphoric ester groups is 2. The molecule has 2 unspecified atom stereocenters. The summed E-state index contributed by atoms with van der Waals surface area (Å²) in [6, 6.07) is 0. The molecule has 0 aliphatic rings. The Kier molecular flexibility index (Phi) is 59.9. The fraction of sp³-hybridized carbons (Fsp3) is 0.942. The molecule has 522 valence electrons. The average molecular weight is 1300 g/mol. The largest absolute Gasteiger partial charge is 0.472 e. The standard InChI is InChI=1S/C69H134O17P2/c1-7-9-11-13-15-17-18-19-20-21-22-23-24-25-26-27-28-29-30-32-41-47-53-68(73)85-64(58-80-67(72)52-46-40-35-33-37-43-49-61(3)4)59-83-87(75,76)81-55-63(70)56-82-88(77,78)84-60-65(57-79-66(71)51-45-39-31-16-14-12-10-8-2)86-69(74)54-48-42-36-34-38-44-50-62(5)6/h61-65,70H,7-60H2,1-6H3,(H,75,76)(H,77,78)/t63-,64-,65-/m1/s1. The molecule has 0 fully saturated rings. The van der Waals surface area contributed by atoms with E-state index in [2.05, 4.69) is 41.5 Å². The van der Waals surface area contributed by atoms with Gasteiger partial charge >= 0.3 is 39.5 Å². The highest BCUT2D eigenvalue weighted by atomic mass is 31.2. The van der Waals surface area contributed by atoms with E-state index in [1.807, 2.05) is 0 Å². The molecule has 0 spiro atoms. The number of esters is 4. The minimum atomic E-state index is -4.95. The van der Waals surface area contributed by atoms with Gasteiger partial charge in [-0.1, -0.05) is 298 Å². The maximum Gasteiger partial charge on any atom is 0.472 e. The molecule has 3 N–H and O–H groups in total. The quantitative estimate of drug-likeness (QED) is 0.0222. The Balaban J connectivity index is 5.08. The molecule has 0 aromatic heterocycles. The zero-order valence-corrected chi connectivity index (χ0v) is 58.8. The van der Waals surface area contributed by atoms with Gasteiger partial charge in [-0.15, -0.1) is 0 Å². The van der Waals surface area contributed by atoms with E-state index in [0.29, 0.717) is 37.5 Å². The predicted molar refractivity (Wildman–Crippen MR) is 354 cm³/mol. The summed E-state index contributed by atoms with van der Waals surface area (Å²) in [5.74, 6) is -0.789. The maximum absolute atomic E-state index is 13.0. The first-order valence-electron chi connectivity index (χ1n) is 36.0. The summed E-state index contributed by atoms with van der Waals surface area (Å²) in [4.78, 5) is 72.2. The van der Waals surface area contributed by atoms with Crippen molar-refractivity contribution in [2.75, 3.05) is 39.6 Å². The number of hydrogen-bond donors (Lipinski definition) is 3. The number of aliphatic hydroxyl groups is 1. The van der Waals surface area contributed by atoms with Gasteiger partial charge in [0.05, 0.1) is 26.4 Å². The summed E-state index contributed by atoms with van der Waals surface area (Å²) in [5, 5.41) is 10.5. The van der Waals surface area contributed by atoms with E-state index >= 15 is 0 Å². The van der Waals surface area contributed by atoms with Crippen LogP contribution in [0.25, 0.3) is 0 Å². The van der Waals surface area contributed by atoms with Crippen LogP contribution >= 0.6 is 15.6 Å². The van der Waals surface area contributed by atoms with Crippen LogP contribution in [0.2, 0.25) is 0 Å². The Labute approximate surface area is 537 Å². The summed E-state index contributed by atoms with van der Waals surface area (Å²) in [7, 11) is -9.89. The van der Waals surface area contributed by atoms with E-state index in [1.54, 1.807) is 0 Å². The van der Waals surface area contributed by atoms with Crippen molar-refractivity contribution in [3.63, 3.8) is 0 Å². The van der Waals surface area contributed by atoms with Crippen LogP contribution in [-0.2, 0) is 65.4 Å². The summed E-state index contributed by atoms with van der Waals surface area (Å²) in [6.45, 7) is 9.32. The van der Waals surface area contributed by atoms with Crippen LogP contribution in [-0.4, -0.2) is 96.7 Å². The fourth-order valence-electron chi connectivity index (χ4n) is 10.4. The number of hydrogen-bond acceptors (Lipinski definition) is 15. The molecule has 0 bridgehead atoms. The van der Waals surface area contributed by atoms with Gasteiger partial charge in [-0.25, -0.2) is 9.13 Å². The lowest BCUT2D eigenvalue weighted by Crippen LogP contribution is -2.30. The van der Waals surface area contributed by atoms with Crippen molar-refractivity contribution in [3.8, 4) is 0 Å². The highest BCUT2D eigenvalue weighted by Gasteiger charge is 2.30. The van der Waals surface area contributed by atoms with Gasteiger partial charge in [-0.3, -0.25) is 37.3 Å². The van der Waals surface area contributed by atoms with Gasteiger partial charge in [0, 0.05) is 25.7 Å². The van der Waals surface area contributed by atoms with Crippen LogP contribution < -0.4 is 0 Å². The lowest BCUT2D eigenvalue weighted by atomic mass is 10.0. The van der Waals surface area contributed by atoms with E-state index in [9.17, 15) is 43.2 Å². The molecular weight excluding hydrogens is 1160 g/mol. The second-order valence-electron chi connectivity index (χ2n) is 25.9. The van der Waals surface area contributed by atoms with Gasteiger partial charge in [0.15, 0.2) is 12.2 Å². The average Bonchev–Trinajstić information content (AvgIpc) is 3.50. The van der Waals surface area contributed by atoms with Crippen molar-refractivity contribution >= 4 is 39.5 Å². The van der Waals surface area contributed by atoms with Crippen molar-refractivity contribution < 1.29 is 80.2 Å². The van der Waals surface area contributed by atoms with E-state index < -0.39 is 97.5 Å². The molecule has 0 aliphatic heterocycles. The minimum Gasteiger partial charge on any atom is -0.462 e. The molecule has 0 saturated carbocycles. The lowest BCUT2D eigenvalue weighted by molar-refractivity contribution is -0.161. The van der Waals surface area contributed by atoms with Gasteiger partial charge in [-0.2, -0.15) is 0 Å². The topological polar surface area (TPSA) is 237 Å². The van der Waals surface area contributed by atoms with E-state index in [1.165, 1.54) is 154 Å². The molecule has 0 saturated heterocycles. The summed E-state index contributed by atoms with van der Waals surface area (Å²) in [5.41, 5.74) is 0. The molecule has 0 aromatic carbocycles. The third-order valence-corrected chi connectivity index (χ3v) is 17.9. The molecule has 0 aromatic rings. The molecule has 88 heavy (non-hydrogen) atoms. The summed E-state index contributed by atoms with van der Waals surface area (Å²) < 4.78 is 68.0. The van der Waals surface area contributed by atoms with Gasteiger partial charge in [-0.05, 0) is 37.5 Å². The first-order chi connectivity index (χ1) is 42.4. The van der Waals surface area contributed by atoms with Crippen LogP contribution in [0.3, 0.4) is 0 Å². The van der Waals surface area contributed by atoms with Gasteiger partial charge < -0.3 is 33.8 Å². The molecule has 19 heteroatoms. The maximum atomic E-state index is 13.0. The van der Waals surface area contributed by atoms with Crippen molar-refractivity contribution in [3.05, 3.63) is 0 Å². The molecule has 5 atom stereocenters. The van der Waals surface area contributed by atoms with Crippen molar-refractivity contribution in [1.29, 1.82) is 0 Å². The first-order valence-corrected chi connectivity index (χ1v) is 39.0. The predicted octanol–water partition coefficient (Wildman–Crippen LogP) is 19.6. The number of carbonyl (C=O) groups excluding carboxylic acids is 4. The molecule has 0 radical (unpaired) electrons. The Hall–Kier alpha value is -1.94. The lowest BCUT2D eigenvalue weighted by Gasteiger charge is -2.21. The molecule has 0 amide bonds. The van der Waals surface area contributed by atoms with Crippen LogP contribution in [0, 0.1) is 11.8 Å². The normalized spacial score (nSPS) is 14.2. The Morgan fingerprint density at radius 3 is 0.773 bits per heavy atom. The van der Waals surface area contributed by atoms with E-state index in [4.69, 9.17) is 37.0 Å². The third-order valence-electron chi connectivity index (χ3n) is 16.0. The van der Waals surface area contributed by atoms with Gasteiger partial charge in [0.25, 0.3) is 0 Å². The van der Waals surface area contributed by atoms with E-state index in [0.717, 1.165) is 103 Å². The molecule has 0 rings (SSSR count). The zero-order chi connectivity index (χ0) is 65.0. The van der Waals surface area contributed by atoms with E-state index in [-0.39, 0.29) is 25.7 Å². The monoisotopic (exact) mass is 1300 g/mol. The number of rotatable bonds is 68. The fourth-order valence-corrected chi connectivity index (χ4v) is 12.0. The summed E-state index contributed by atoms with van der Waals surface area (Å²) in [6.07, 6.45) is 46.5. The summed E-state index contributed by atoms with van der Waals surface area (Å²) >= 11 is 0. The number of unbranched alkanes of at least 4 members (excludes halogenated alkanes) is 38. The highest BCUT2D eigenvalue weighted by molar-refractivity contribution is 7.47. The second-order valence-corrected chi connectivity index (χ2v) is 28.8. The molecule has 0 aliphatic carbocycles. The van der Waals surface area contributed by atoms with Gasteiger partial charge in [0.2, 0.25) is 0 Å². The van der Waals surface area contributed by atoms with Crippen LogP contribution in [0.15, 0.2) is 0 Å². The highest BCUT2D eigenvalue weighted by Crippen LogP contribution is 2.45. The third kappa shape index (κ3) is 62.8. The number of carbonyl (C=O) groups is 4. The van der Waals surface area contributed by atoms with Crippen LogP contribution in [0.4, 0.5) is 0 Å². The second kappa shape index (κ2) is 61.3. The van der Waals surface area contributed by atoms with Crippen molar-refractivity contribution in [2.45, 2.75) is 368 Å². The Morgan fingerprint density at radius 2 is 0.523 bits per heavy atom. The van der Waals surface area contributed by atoms with Crippen LogP contribution in [0.5, 0.6) is 0 Å². The number of aliphatic hydroxyl groups excluding tert-OH is 1. The van der Waals surface area contributed by atoms with Crippen LogP contribution in [0.1, 0.15) is 350 Å². The molecule has 0 heterocycles. The Bertz CT molecular complexity index is 1720. The minimum absolute atomic E-state index is 0.102. The van der Waals surface area contributed by atoms with Crippen molar-refractivity contribution in [2.24, 2.45) is 11.8 Å². The number of phosphoric acid groups is 2. The number of ether oxygens (including phenoxy) is 4. The smallest absolute Gasteiger partial charge is 0.462 e.